The fourth-order valence-electron chi connectivity index (χ4n) is 4.22. The molecule has 0 aliphatic carbocycles. The first-order valence-electron chi connectivity index (χ1n) is 10.9. The van der Waals surface area contributed by atoms with Gasteiger partial charge in [-0.25, -0.2) is 9.29 Å². The third-order valence-corrected chi connectivity index (χ3v) is 5.88. The molecular formula is C24H28FN3O3. The molecule has 2 saturated heterocycles. The summed E-state index contributed by atoms with van der Waals surface area (Å²) in [6.45, 7) is 4.15. The van der Waals surface area contributed by atoms with E-state index in [1.54, 1.807) is 36.4 Å². The van der Waals surface area contributed by atoms with E-state index in [1.165, 1.54) is 17.0 Å². The largest absolute Gasteiger partial charge is 0.494 e. The number of benzene rings is 2. The molecule has 2 aliphatic rings. The van der Waals surface area contributed by atoms with E-state index in [-0.39, 0.29) is 30.1 Å². The Labute approximate surface area is 182 Å². The van der Waals surface area contributed by atoms with Crippen molar-refractivity contribution >= 4 is 23.2 Å². The Morgan fingerprint density at radius 3 is 2.35 bits per heavy atom. The number of carbonyl (C=O) groups excluding carboxylic acids is 2. The summed E-state index contributed by atoms with van der Waals surface area (Å²) in [5.41, 5.74) is 1.48. The van der Waals surface area contributed by atoms with E-state index in [2.05, 4.69) is 10.2 Å². The van der Waals surface area contributed by atoms with E-state index >= 15 is 0 Å². The van der Waals surface area contributed by atoms with Crippen LogP contribution in [-0.4, -0.2) is 48.5 Å². The molecule has 164 valence electrons. The summed E-state index contributed by atoms with van der Waals surface area (Å²) < 4.78 is 18.7. The van der Waals surface area contributed by atoms with Gasteiger partial charge in [0.2, 0.25) is 5.91 Å². The maximum Gasteiger partial charge on any atom is 0.251 e. The van der Waals surface area contributed by atoms with Crippen LogP contribution in [0.3, 0.4) is 0 Å². The Morgan fingerprint density at radius 1 is 1.03 bits per heavy atom. The van der Waals surface area contributed by atoms with Crippen molar-refractivity contribution < 1.29 is 18.7 Å². The number of piperidine rings is 1. The zero-order valence-electron chi connectivity index (χ0n) is 17.7. The molecule has 2 amide bonds. The molecule has 1 N–H and O–H groups in total. The first kappa shape index (κ1) is 21.3. The first-order chi connectivity index (χ1) is 15.0. The van der Waals surface area contributed by atoms with Gasteiger partial charge in [-0.05, 0) is 67.8 Å². The minimum absolute atomic E-state index is 0.155. The molecule has 2 aliphatic heterocycles. The fourth-order valence-corrected chi connectivity index (χ4v) is 4.22. The van der Waals surface area contributed by atoms with Crippen molar-refractivity contribution in [3.63, 3.8) is 0 Å². The van der Waals surface area contributed by atoms with Crippen LogP contribution < -0.4 is 15.0 Å². The van der Waals surface area contributed by atoms with Crippen LogP contribution >= 0.6 is 0 Å². The van der Waals surface area contributed by atoms with Gasteiger partial charge in [0, 0.05) is 24.8 Å². The Bertz CT molecular complexity index is 909. The van der Waals surface area contributed by atoms with Crippen LogP contribution in [0.1, 0.15) is 32.6 Å². The van der Waals surface area contributed by atoms with E-state index in [9.17, 15) is 14.0 Å². The molecule has 0 spiro atoms. The average Bonchev–Trinajstić information content (AvgIpc) is 3.09. The van der Waals surface area contributed by atoms with Gasteiger partial charge in [0.25, 0.3) is 5.91 Å². The predicted octanol–water partition coefficient (Wildman–Crippen LogP) is 3.82. The SMILES string of the molecule is CCCOc1ccc(N2C(=O)C[C@H](N3CCC(Nc4ccc(F)cc4)CC3)C2=O)cc1. The number of nitrogens with one attached hydrogen (secondary N) is 1. The molecule has 0 bridgehead atoms. The van der Waals surface area contributed by atoms with Crippen molar-refractivity contribution in [2.45, 2.75) is 44.7 Å². The maximum absolute atomic E-state index is 13.1. The number of hydrogen-bond donors (Lipinski definition) is 1. The van der Waals surface area contributed by atoms with Gasteiger partial charge in [-0.3, -0.25) is 14.5 Å². The molecular weight excluding hydrogens is 397 g/mol. The molecule has 0 unspecified atom stereocenters. The zero-order chi connectivity index (χ0) is 21.8. The average molecular weight is 426 g/mol. The lowest BCUT2D eigenvalue weighted by molar-refractivity contribution is -0.123. The van der Waals surface area contributed by atoms with Gasteiger partial charge in [0.1, 0.15) is 11.6 Å². The zero-order valence-corrected chi connectivity index (χ0v) is 17.7. The van der Waals surface area contributed by atoms with Gasteiger partial charge in [0.05, 0.1) is 24.8 Å². The highest BCUT2D eigenvalue weighted by Crippen LogP contribution is 2.29. The molecule has 2 fully saturated rings. The number of imide groups is 1. The van der Waals surface area contributed by atoms with Crippen LogP contribution in [0.15, 0.2) is 48.5 Å². The summed E-state index contributed by atoms with van der Waals surface area (Å²) in [6.07, 6.45) is 2.85. The second-order valence-electron chi connectivity index (χ2n) is 8.09. The molecule has 0 radical (unpaired) electrons. The monoisotopic (exact) mass is 425 g/mol. The third-order valence-electron chi connectivity index (χ3n) is 5.88. The van der Waals surface area contributed by atoms with E-state index < -0.39 is 6.04 Å². The summed E-state index contributed by atoms with van der Waals surface area (Å²) in [4.78, 5) is 29.1. The van der Waals surface area contributed by atoms with Crippen LogP contribution in [0, 0.1) is 5.82 Å². The number of halogens is 1. The van der Waals surface area contributed by atoms with Gasteiger partial charge >= 0.3 is 0 Å². The smallest absolute Gasteiger partial charge is 0.251 e. The molecule has 1 atom stereocenters. The third kappa shape index (κ3) is 4.88. The minimum Gasteiger partial charge on any atom is -0.494 e. The maximum atomic E-state index is 13.1. The Morgan fingerprint density at radius 2 is 1.71 bits per heavy atom. The lowest BCUT2D eigenvalue weighted by Gasteiger charge is -2.35. The Hall–Kier alpha value is -2.93. The molecule has 2 aromatic rings. The highest BCUT2D eigenvalue weighted by Gasteiger charge is 2.43. The van der Waals surface area contributed by atoms with E-state index in [0.29, 0.717) is 12.3 Å². The molecule has 6 nitrogen and oxygen atoms in total. The molecule has 4 rings (SSSR count). The van der Waals surface area contributed by atoms with Crippen LogP contribution in [-0.2, 0) is 9.59 Å². The lowest BCUT2D eigenvalue weighted by atomic mass is 10.0. The summed E-state index contributed by atoms with van der Waals surface area (Å²) in [5, 5.41) is 3.43. The minimum atomic E-state index is -0.407. The molecule has 7 heteroatoms. The molecule has 0 saturated carbocycles. The number of ether oxygens (including phenoxy) is 1. The Kier molecular flexibility index (Phi) is 6.51. The topological polar surface area (TPSA) is 61.9 Å². The van der Waals surface area contributed by atoms with Crippen molar-refractivity contribution in [1.82, 2.24) is 4.90 Å². The fraction of sp³-hybridized carbons (Fsp3) is 0.417. The van der Waals surface area contributed by atoms with E-state index in [0.717, 1.165) is 43.8 Å². The number of likely N-dealkylation sites (tertiary alicyclic amines) is 1. The summed E-state index contributed by atoms with van der Waals surface area (Å²) in [5.74, 6) is 0.162. The quantitative estimate of drug-likeness (QED) is 0.684. The highest BCUT2D eigenvalue weighted by atomic mass is 19.1. The van der Waals surface area contributed by atoms with Crippen molar-refractivity contribution in [1.29, 1.82) is 0 Å². The highest BCUT2D eigenvalue weighted by molar-refractivity contribution is 6.22. The normalized spacial score (nSPS) is 20.3. The molecule has 2 aromatic carbocycles. The van der Waals surface area contributed by atoms with Crippen LogP contribution in [0.4, 0.5) is 15.8 Å². The van der Waals surface area contributed by atoms with Crippen LogP contribution in [0.5, 0.6) is 5.75 Å². The standard InChI is InChI=1S/C24H28FN3O3/c1-2-15-31-21-9-7-20(8-10-21)28-23(29)16-22(24(28)30)27-13-11-19(12-14-27)26-18-5-3-17(25)4-6-18/h3-10,19,22,26H,2,11-16H2,1H3/t22-/m0/s1. The number of anilines is 2. The molecule has 0 aromatic heterocycles. The van der Waals surface area contributed by atoms with E-state index in [1.807, 2.05) is 6.92 Å². The van der Waals surface area contributed by atoms with Crippen molar-refractivity contribution in [3.05, 3.63) is 54.3 Å². The number of hydrogen-bond acceptors (Lipinski definition) is 5. The second-order valence-corrected chi connectivity index (χ2v) is 8.09. The van der Waals surface area contributed by atoms with Gasteiger partial charge < -0.3 is 10.1 Å². The number of nitrogens with zero attached hydrogens (tertiary/aromatic N) is 2. The number of carbonyl (C=O) groups is 2. The summed E-state index contributed by atoms with van der Waals surface area (Å²) in [7, 11) is 0. The lowest BCUT2D eigenvalue weighted by Crippen LogP contribution is -2.48. The van der Waals surface area contributed by atoms with Crippen LogP contribution in [0.2, 0.25) is 0 Å². The summed E-state index contributed by atoms with van der Waals surface area (Å²) >= 11 is 0. The van der Waals surface area contributed by atoms with Crippen molar-refractivity contribution in [2.75, 3.05) is 29.9 Å². The van der Waals surface area contributed by atoms with Gasteiger partial charge in [-0.2, -0.15) is 0 Å². The van der Waals surface area contributed by atoms with Gasteiger partial charge in [-0.15, -0.1) is 0 Å². The first-order valence-corrected chi connectivity index (χ1v) is 10.9. The van der Waals surface area contributed by atoms with E-state index in [4.69, 9.17) is 4.74 Å². The number of rotatable bonds is 7. The summed E-state index contributed by atoms with van der Waals surface area (Å²) in [6, 6.07) is 13.3. The van der Waals surface area contributed by atoms with Gasteiger partial charge in [0.15, 0.2) is 0 Å². The molecule has 2 heterocycles. The van der Waals surface area contributed by atoms with Crippen molar-refractivity contribution in [2.24, 2.45) is 0 Å². The predicted molar refractivity (Wildman–Crippen MR) is 118 cm³/mol. The van der Waals surface area contributed by atoms with Gasteiger partial charge in [-0.1, -0.05) is 6.92 Å². The second kappa shape index (κ2) is 9.47. The molecule has 31 heavy (non-hydrogen) atoms. The van der Waals surface area contributed by atoms with Crippen LogP contribution in [0.25, 0.3) is 0 Å². The van der Waals surface area contributed by atoms with Crippen molar-refractivity contribution in [3.8, 4) is 5.75 Å². The number of amides is 2. The Balaban J connectivity index is 1.34.